The Morgan fingerprint density at radius 2 is 1.70 bits per heavy atom. The van der Waals surface area contributed by atoms with E-state index in [1.54, 1.807) is 6.07 Å². The van der Waals surface area contributed by atoms with Crippen LogP contribution in [0.2, 0.25) is 0 Å². The number of hydrogen-bond acceptors (Lipinski definition) is 3. The first-order chi connectivity index (χ1) is 9.75. The zero-order valence-electron chi connectivity index (χ0n) is 10.5. The lowest BCUT2D eigenvalue weighted by atomic mass is 10.2. The molecule has 0 atom stereocenters. The van der Waals surface area contributed by atoms with Crippen LogP contribution in [-0.4, -0.2) is 0 Å². The summed E-state index contributed by atoms with van der Waals surface area (Å²) in [6, 6.07) is 17.1. The number of fused-ring (bicyclic) bond motifs is 1. The zero-order valence-corrected chi connectivity index (χ0v) is 12.1. The number of ether oxygens (including phenoxy) is 1. The van der Waals surface area contributed by atoms with E-state index in [0.29, 0.717) is 22.4 Å². The predicted molar refractivity (Wildman–Crippen MR) is 81.0 cm³/mol. The second kappa shape index (κ2) is 5.51. The van der Waals surface area contributed by atoms with Crippen LogP contribution in [0.4, 0.5) is 0 Å². The molecule has 1 heterocycles. The molecular formula is C16H11BrO3. The number of benzene rings is 2. The Morgan fingerprint density at radius 1 is 1.00 bits per heavy atom. The molecule has 0 fully saturated rings. The van der Waals surface area contributed by atoms with Crippen LogP contribution in [0.15, 0.2) is 68.3 Å². The van der Waals surface area contributed by atoms with Gasteiger partial charge in [-0.05, 0) is 33.6 Å². The first-order valence-electron chi connectivity index (χ1n) is 6.14. The van der Waals surface area contributed by atoms with E-state index in [1.165, 1.54) is 0 Å². The molecule has 0 amide bonds. The number of para-hydroxylation sites is 1. The van der Waals surface area contributed by atoms with E-state index in [1.807, 2.05) is 48.5 Å². The van der Waals surface area contributed by atoms with Gasteiger partial charge in [0, 0.05) is 0 Å². The molecule has 0 radical (unpaired) electrons. The molecule has 0 aliphatic rings. The Morgan fingerprint density at radius 3 is 2.50 bits per heavy atom. The quantitative estimate of drug-likeness (QED) is 0.677. The number of rotatable bonds is 3. The van der Waals surface area contributed by atoms with Crippen molar-refractivity contribution in [1.82, 2.24) is 0 Å². The lowest BCUT2D eigenvalue weighted by molar-refractivity contribution is 0.305. The molecule has 1 aromatic heterocycles. The van der Waals surface area contributed by atoms with Crippen molar-refractivity contribution in [3.8, 4) is 5.75 Å². The summed E-state index contributed by atoms with van der Waals surface area (Å²) in [7, 11) is 0. The molecule has 3 nitrogen and oxygen atoms in total. The monoisotopic (exact) mass is 330 g/mol. The maximum Gasteiger partial charge on any atom is 0.354 e. The Hall–Kier alpha value is -2.07. The van der Waals surface area contributed by atoms with Crippen LogP contribution in [-0.2, 0) is 6.61 Å². The van der Waals surface area contributed by atoms with E-state index in [0.717, 1.165) is 10.9 Å². The van der Waals surface area contributed by atoms with Gasteiger partial charge in [-0.1, -0.05) is 42.5 Å². The maximum atomic E-state index is 11.8. The molecule has 0 saturated heterocycles. The highest BCUT2D eigenvalue weighted by Crippen LogP contribution is 2.31. The van der Waals surface area contributed by atoms with Crippen LogP contribution >= 0.6 is 15.9 Å². The van der Waals surface area contributed by atoms with Crippen molar-refractivity contribution >= 4 is 26.9 Å². The van der Waals surface area contributed by atoms with Gasteiger partial charge in [0.25, 0.3) is 0 Å². The van der Waals surface area contributed by atoms with Crippen LogP contribution < -0.4 is 10.4 Å². The molecule has 0 bridgehead atoms. The van der Waals surface area contributed by atoms with Crippen molar-refractivity contribution < 1.29 is 9.15 Å². The number of hydrogen-bond donors (Lipinski definition) is 0. The lowest BCUT2D eigenvalue weighted by Gasteiger charge is -2.10. The second-order valence-electron chi connectivity index (χ2n) is 4.30. The van der Waals surface area contributed by atoms with Crippen molar-refractivity contribution in [3.05, 3.63) is 75.1 Å². The highest BCUT2D eigenvalue weighted by Gasteiger charge is 2.13. The molecule has 0 spiro atoms. The van der Waals surface area contributed by atoms with E-state index in [2.05, 4.69) is 15.9 Å². The van der Waals surface area contributed by atoms with Gasteiger partial charge in [-0.3, -0.25) is 0 Å². The Labute approximate surface area is 123 Å². The van der Waals surface area contributed by atoms with Crippen molar-refractivity contribution in [2.24, 2.45) is 0 Å². The summed E-state index contributed by atoms with van der Waals surface area (Å²) in [6.07, 6.45) is 0. The van der Waals surface area contributed by atoms with Crippen LogP contribution in [0.25, 0.3) is 11.0 Å². The molecule has 2 aromatic carbocycles. The van der Waals surface area contributed by atoms with Gasteiger partial charge in [0.1, 0.15) is 16.7 Å². The van der Waals surface area contributed by atoms with Crippen LogP contribution in [0, 0.1) is 0 Å². The van der Waals surface area contributed by atoms with Gasteiger partial charge < -0.3 is 9.15 Å². The molecule has 0 aliphatic carbocycles. The highest BCUT2D eigenvalue weighted by molar-refractivity contribution is 9.10. The summed E-state index contributed by atoms with van der Waals surface area (Å²) >= 11 is 3.24. The van der Waals surface area contributed by atoms with Gasteiger partial charge in [-0.15, -0.1) is 0 Å². The zero-order chi connectivity index (χ0) is 13.9. The molecule has 4 heteroatoms. The van der Waals surface area contributed by atoms with Crippen LogP contribution in [0.5, 0.6) is 5.75 Å². The minimum absolute atomic E-state index is 0.312. The number of halogens is 1. The normalized spacial score (nSPS) is 10.7. The minimum Gasteiger partial charge on any atom is -0.487 e. The summed E-state index contributed by atoms with van der Waals surface area (Å²) in [5.41, 5.74) is 1.12. The van der Waals surface area contributed by atoms with Crippen molar-refractivity contribution in [2.45, 2.75) is 6.61 Å². The van der Waals surface area contributed by atoms with Crippen molar-refractivity contribution in [2.75, 3.05) is 0 Å². The molecule has 3 aromatic rings. The Balaban J connectivity index is 2.02. The average molecular weight is 331 g/mol. The molecule has 100 valence electrons. The summed E-state index contributed by atoms with van der Waals surface area (Å²) in [6.45, 7) is 0.396. The fourth-order valence-electron chi connectivity index (χ4n) is 1.97. The van der Waals surface area contributed by atoms with E-state index in [4.69, 9.17) is 9.15 Å². The van der Waals surface area contributed by atoms with Gasteiger partial charge in [-0.25, -0.2) is 4.79 Å². The lowest BCUT2D eigenvalue weighted by Crippen LogP contribution is -2.05. The minimum atomic E-state index is -0.438. The smallest absolute Gasteiger partial charge is 0.354 e. The largest absolute Gasteiger partial charge is 0.487 e. The Kier molecular flexibility index (Phi) is 3.56. The average Bonchev–Trinajstić information content (AvgIpc) is 2.49. The SMILES string of the molecule is O=c1oc2ccccc2c(OCc2ccccc2)c1Br. The standard InChI is InChI=1S/C16H11BrO3/c17-14-15(19-10-11-6-2-1-3-7-11)12-8-4-5-9-13(12)20-16(14)18/h1-9H,10H2. The molecule has 0 unspecified atom stereocenters. The van der Waals surface area contributed by atoms with E-state index < -0.39 is 5.63 Å². The third kappa shape index (κ3) is 2.47. The van der Waals surface area contributed by atoms with Crippen LogP contribution in [0.3, 0.4) is 0 Å². The third-order valence-electron chi connectivity index (χ3n) is 2.94. The molecule has 0 N–H and O–H groups in total. The first kappa shape index (κ1) is 12.9. The highest BCUT2D eigenvalue weighted by atomic mass is 79.9. The van der Waals surface area contributed by atoms with Gasteiger partial charge in [-0.2, -0.15) is 0 Å². The van der Waals surface area contributed by atoms with E-state index >= 15 is 0 Å². The first-order valence-corrected chi connectivity index (χ1v) is 6.93. The molecule has 0 aliphatic heterocycles. The fraction of sp³-hybridized carbons (Fsp3) is 0.0625. The van der Waals surface area contributed by atoms with E-state index in [-0.39, 0.29) is 0 Å². The summed E-state index contributed by atoms with van der Waals surface area (Å²) in [4.78, 5) is 11.8. The second-order valence-corrected chi connectivity index (χ2v) is 5.10. The molecule has 0 saturated carbocycles. The third-order valence-corrected chi connectivity index (χ3v) is 3.62. The molecular weight excluding hydrogens is 320 g/mol. The van der Waals surface area contributed by atoms with Crippen molar-refractivity contribution in [3.63, 3.8) is 0 Å². The maximum absolute atomic E-state index is 11.8. The topological polar surface area (TPSA) is 39.4 Å². The summed E-state index contributed by atoms with van der Waals surface area (Å²) < 4.78 is 11.3. The van der Waals surface area contributed by atoms with Crippen LogP contribution in [0.1, 0.15) is 5.56 Å². The summed E-state index contributed by atoms with van der Waals surface area (Å²) in [5.74, 6) is 0.515. The fourth-order valence-corrected chi connectivity index (χ4v) is 2.38. The predicted octanol–water partition coefficient (Wildman–Crippen LogP) is 4.13. The van der Waals surface area contributed by atoms with E-state index in [9.17, 15) is 4.79 Å². The summed E-state index contributed by atoms with van der Waals surface area (Å²) in [5, 5.41) is 0.773. The molecule has 20 heavy (non-hydrogen) atoms. The molecule has 3 rings (SSSR count). The van der Waals surface area contributed by atoms with Gasteiger partial charge in [0.15, 0.2) is 5.75 Å². The van der Waals surface area contributed by atoms with Gasteiger partial charge >= 0.3 is 5.63 Å². The van der Waals surface area contributed by atoms with Crippen molar-refractivity contribution in [1.29, 1.82) is 0 Å². The van der Waals surface area contributed by atoms with Gasteiger partial charge in [0.05, 0.1) is 5.39 Å². The Bertz CT molecular complexity index is 794. The van der Waals surface area contributed by atoms with Gasteiger partial charge in [0.2, 0.25) is 0 Å².